The van der Waals surface area contributed by atoms with Gasteiger partial charge in [0.1, 0.15) is 0 Å². The summed E-state index contributed by atoms with van der Waals surface area (Å²) in [6.45, 7) is 4.36. The Morgan fingerprint density at radius 2 is 2.24 bits per heavy atom. The Kier molecular flexibility index (Phi) is 5.92. The highest BCUT2D eigenvalue weighted by Gasteiger charge is 2.25. The zero-order valence-electron chi connectivity index (χ0n) is 14.9. The molecule has 2 aromatic rings. The molecule has 1 aliphatic heterocycles. The van der Waals surface area contributed by atoms with Crippen molar-refractivity contribution in [3.8, 4) is 0 Å². The van der Waals surface area contributed by atoms with E-state index in [2.05, 4.69) is 4.98 Å². The first-order valence-electron chi connectivity index (χ1n) is 8.93. The zero-order chi connectivity index (χ0) is 17.8. The van der Waals surface area contributed by atoms with Gasteiger partial charge in [0.2, 0.25) is 0 Å². The van der Waals surface area contributed by atoms with Crippen LogP contribution in [0.4, 0.5) is 0 Å². The van der Waals surface area contributed by atoms with E-state index in [0.29, 0.717) is 16.5 Å². The van der Waals surface area contributed by atoms with Gasteiger partial charge in [-0.25, -0.2) is 0 Å². The Balaban J connectivity index is 1.82. The Labute approximate surface area is 154 Å². The van der Waals surface area contributed by atoms with Crippen molar-refractivity contribution in [2.75, 3.05) is 26.8 Å². The first kappa shape index (κ1) is 18.2. The Morgan fingerprint density at radius 1 is 1.40 bits per heavy atom. The van der Waals surface area contributed by atoms with E-state index >= 15 is 0 Å². The van der Waals surface area contributed by atoms with Crippen molar-refractivity contribution in [2.24, 2.45) is 5.92 Å². The molecule has 3 rings (SSSR count). The maximum atomic E-state index is 13.2. The van der Waals surface area contributed by atoms with Crippen molar-refractivity contribution < 1.29 is 9.53 Å². The molecular weight excluding hydrogens is 336 g/mol. The van der Waals surface area contributed by atoms with Gasteiger partial charge in [-0.3, -0.25) is 9.78 Å². The summed E-state index contributed by atoms with van der Waals surface area (Å²) >= 11 is 6.15. The van der Waals surface area contributed by atoms with Gasteiger partial charge in [-0.1, -0.05) is 11.6 Å². The molecule has 1 aliphatic rings. The first-order valence-corrected chi connectivity index (χ1v) is 9.31. The lowest BCUT2D eigenvalue weighted by atomic mass is 9.93. The number of amides is 1. The van der Waals surface area contributed by atoms with Crippen LogP contribution in [0.15, 0.2) is 24.3 Å². The molecule has 5 heteroatoms. The van der Waals surface area contributed by atoms with Crippen LogP contribution in [0.2, 0.25) is 5.02 Å². The fourth-order valence-corrected chi connectivity index (χ4v) is 3.85. The molecular formula is C20H25ClN2O2. The van der Waals surface area contributed by atoms with Gasteiger partial charge in [0.15, 0.2) is 0 Å². The summed E-state index contributed by atoms with van der Waals surface area (Å²) in [7, 11) is 1.73. The summed E-state index contributed by atoms with van der Waals surface area (Å²) in [5.41, 5.74) is 2.38. The minimum atomic E-state index is 0.0919. The van der Waals surface area contributed by atoms with Crippen molar-refractivity contribution in [1.29, 1.82) is 0 Å². The van der Waals surface area contributed by atoms with Crippen molar-refractivity contribution >= 4 is 28.4 Å². The summed E-state index contributed by atoms with van der Waals surface area (Å²) in [5, 5.41) is 1.47. The number of rotatable bonds is 5. The van der Waals surface area contributed by atoms with Gasteiger partial charge < -0.3 is 9.64 Å². The summed E-state index contributed by atoms with van der Waals surface area (Å²) in [6.07, 6.45) is 4.41. The minimum absolute atomic E-state index is 0.0919. The number of pyridine rings is 1. The molecule has 2 heterocycles. The second-order valence-corrected chi connectivity index (χ2v) is 7.30. The topological polar surface area (TPSA) is 42.4 Å². The maximum Gasteiger partial charge on any atom is 0.254 e. The molecule has 0 bridgehead atoms. The van der Waals surface area contributed by atoms with Crippen LogP contribution in [0.3, 0.4) is 0 Å². The lowest BCUT2D eigenvalue weighted by Gasteiger charge is -2.33. The lowest BCUT2D eigenvalue weighted by Crippen LogP contribution is -2.40. The molecule has 0 unspecified atom stereocenters. The third-order valence-corrected chi connectivity index (χ3v) is 5.13. The third-order valence-electron chi connectivity index (χ3n) is 4.90. The molecule has 0 radical (unpaired) electrons. The molecule has 1 amide bonds. The number of ether oxygens (including phenoxy) is 1. The van der Waals surface area contributed by atoms with E-state index in [1.165, 1.54) is 6.42 Å². The normalized spacial score (nSPS) is 17.9. The Hall–Kier alpha value is -1.65. The second-order valence-electron chi connectivity index (χ2n) is 6.87. The van der Waals surface area contributed by atoms with Crippen LogP contribution in [0.5, 0.6) is 0 Å². The number of aromatic nitrogens is 1. The van der Waals surface area contributed by atoms with E-state index in [9.17, 15) is 4.79 Å². The van der Waals surface area contributed by atoms with Gasteiger partial charge in [0.25, 0.3) is 5.91 Å². The van der Waals surface area contributed by atoms with E-state index in [-0.39, 0.29) is 5.91 Å². The largest absolute Gasteiger partial charge is 0.385 e. The predicted molar refractivity (Wildman–Crippen MR) is 101 cm³/mol. The summed E-state index contributed by atoms with van der Waals surface area (Å²) in [5.74, 6) is 0.653. The van der Waals surface area contributed by atoms with Crippen LogP contribution in [-0.4, -0.2) is 42.6 Å². The van der Waals surface area contributed by atoms with Gasteiger partial charge in [-0.2, -0.15) is 0 Å². The fourth-order valence-electron chi connectivity index (χ4n) is 3.68. The summed E-state index contributed by atoms with van der Waals surface area (Å²) < 4.78 is 5.15. The van der Waals surface area contributed by atoms with E-state index in [1.807, 2.05) is 36.1 Å². The van der Waals surface area contributed by atoms with E-state index < -0.39 is 0 Å². The average Bonchev–Trinajstić information content (AvgIpc) is 2.61. The number of halogens is 1. The monoisotopic (exact) mass is 360 g/mol. The molecule has 4 nitrogen and oxygen atoms in total. The summed E-state index contributed by atoms with van der Waals surface area (Å²) in [4.78, 5) is 19.7. The molecule has 1 saturated heterocycles. The van der Waals surface area contributed by atoms with E-state index in [1.54, 1.807) is 7.11 Å². The SMILES string of the molecule is COCCC[C@@H]1CCCN(C(=O)c2cc(C)nc3ccc(Cl)cc23)C1. The van der Waals surface area contributed by atoms with Crippen LogP contribution in [0, 0.1) is 12.8 Å². The highest BCUT2D eigenvalue weighted by atomic mass is 35.5. The number of likely N-dealkylation sites (tertiary alicyclic amines) is 1. The molecule has 1 aromatic heterocycles. The first-order chi connectivity index (χ1) is 12.1. The standard InChI is InChI=1S/C20H25ClN2O2/c1-14-11-18(17-12-16(21)7-8-19(17)22-14)20(24)23-9-3-5-15(13-23)6-4-10-25-2/h7-8,11-12,15H,3-6,9-10,13H2,1-2H3/t15-/m0/s1. The molecule has 0 aliphatic carbocycles. The number of fused-ring (bicyclic) bond motifs is 1. The van der Waals surface area contributed by atoms with Gasteiger partial charge in [-0.05, 0) is 62.8 Å². The molecule has 1 atom stereocenters. The van der Waals surface area contributed by atoms with Gasteiger partial charge >= 0.3 is 0 Å². The number of benzene rings is 1. The quantitative estimate of drug-likeness (QED) is 0.738. The number of carbonyl (C=O) groups is 1. The van der Waals surface area contributed by atoms with Crippen molar-refractivity contribution in [2.45, 2.75) is 32.6 Å². The van der Waals surface area contributed by atoms with Crippen LogP contribution < -0.4 is 0 Å². The molecule has 25 heavy (non-hydrogen) atoms. The number of aryl methyl sites for hydroxylation is 1. The van der Waals surface area contributed by atoms with Crippen molar-refractivity contribution in [1.82, 2.24) is 9.88 Å². The predicted octanol–water partition coefficient (Wildman–Crippen LogP) is 4.48. The number of piperidine rings is 1. The number of hydrogen-bond donors (Lipinski definition) is 0. The van der Waals surface area contributed by atoms with Gasteiger partial charge in [-0.15, -0.1) is 0 Å². The van der Waals surface area contributed by atoms with Crippen LogP contribution in [-0.2, 0) is 4.74 Å². The highest BCUT2D eigenvalue weighted by molar-refractivity contribution is 6.31. The number of carbonyl (C=O) groups excluding carboxylic acids is 1. The molecule has 0 saturated carbocycles. The number of hydrogen-bond acceptors (Lipinski definition) is 3. The van der Waals surface area contributed by atoms with Gasteiger partial charge in [0.05, 0.1) is 11.1 Å². The summed E-state index contributed by atoms with van der Waals surface area (Å²) in [6, 6.07) is 7.43. The molecule has 134 valence electrons. The van der Waals surface area contributed by atoms with Crippen molar-refractivity contribution in [3.63, 3.8) is 0 Å². The number of nitrogens with zero attached hydrogens (tertiary/aromatic N) is 2. The molecule has 0 spiro atoms. The third kappa shape index (κ3) is 4.31. The average molecular weight is 361 g/mol. The molecule has 1 fully saturated rings. The highest BCUT2D eigenvalue weighted by Crippen LogP contribution is 2.27. The fraction of sp³-hybridized carbons (Fsp3) is 0.500. The minimum Gasteiger partial charge on any atom is -0.385 e. The molecule has 0 N–H and O–H groups in total. The van der Waals surface area contributed by atoms with E-state index in [0.717, 1.165) is 55.6 Å². The maximum absolute atomic E-state index is 13.2. The van der Waals surface area contributed by atoms with Crippen LogP contribution in [0.25, 0.3) is 10.9 Å². The smallest absolute Gasteiger partial charge is 0.254 e. The number of methoxy groups -OCH3 is 1. The Bertz CT molecular complexity index is 763. The van der Waals surface area contributed by atoms with E-state index in [4.69, 9.17) is 16.3 Å². The lowest BCUT2D eigenvalue weighted by molar-refractivity contribution is 0.0662. The van der Waals surface area contributed by atoms with Crippen LogP contribution >= 0.6 is 11.6 Å². The van der Waals surface area contributed by atoms with Crippen LogP contribution in [0.1, 0.15) is 41.7 Å². The second kappa shape index (κ2) is 8.15. The van der Waals surface area contributed by atoms with Crippen molar-refractivity contribution in [3.05, 3.63) is 40.5 Å². The molecule has 1 aromatic carbocycles. The Morgan fingerprint density at radius 3 is 3.04 bits per heavy atom. The zero-order valence-corrected chi connectivity index (χ0v) is 15.7. The van der Waals surface area contributed by atoms with Gasteiger partial charge in [0, 0.05) is 42.9 Å².